The number of hydrogen-bond acceptors (Lipinski definition) is 5. The Morgan fingerprint density at radius 1 is 1.09 bits per heavy atom. The van der Waals surface area contributed by atoms with Gasteiger partial charge in [-0.25, -0.2) is 9.78 Å². The van der Waals surface area contributed by atoms with Crippen LogP contribution < -0.4 is 9.47 Å². The van der Waals surface area contributed by atoms with Crippen LogP contribution in [0.15, 0.2) is 60.8 Å². The van der Waals surface area contributed by atoms with Crippen molar-refractivity contribution in [2.75, 3.05) is 6.61 Å². The monoisotopic (exact) mass is 465 g/mol. The second-order valence-corrected chi connectivity index (χ2v) is 8.11. The maximum absolute atomic E-state index is 11.8. The molecule has 0 radical (unpaired) electrons. The SMILES string of the molecule is CCCCOC(=O)C=Cc1cc(C)c(Oc2ccc(OCc3ccc(C)cc3)cn2)cc1Cl. The Bertz CT molecular complexity index is 1090. The van der Waals surface area contributed by atoms with E-state index in [1.54, 1.807) is 24.4 Å². The number of unbranched alkanes of at least 4 members (excludes halogenated alkanes) is 1. The number of halogens is 1. The molecule has 0 atom stereocenters. The number of nitrogens with zero attached hydrogens (tertiary/aromatic N) is 1. The molecule has 1 heterocycles. The van der Waals surface area contributed by atoms with Crippen molar-refractivity contribution >= 4 is 23.6 Å². The second kappa shape index (κ2) is 12.1. The summed E-state index contributed by atoms with van der Waals surface area (Å²) in [6, 6.07) is 15.3. The fraction of sp³-hybridized carbons (Fsp3) is 0.259. The van der Waals surface area contributed by atoms with Crippen molar-refractivity contribution in [3.8, 4) is 17.4 Å². The first kappa shape index (κ1) is 24.3. The third kappa shape index (κ3) is 7.65. The average Bonchev–Trinajstić information content (AvgIpc) is 2.81. The molecule has 0 amide bonds. The van der Waals surface area contributed by atoms with Crippen LogP contribution in [-0.4, -0.2) is 17.6 Å². The van der Waals surface area contributed by atoms with E-state index in [-0.39, 0.29) is 5.97 Å². The van der Waals surface area contributed by atoms with Gasteiger partial charge < -0.3 is 14.2 Å². The van der Waals surface area contributed by atoms with Crippen molar-refractivity contribution in [3.05, 3.63) is 88.1 Å². The number of ether oxygens (including phenoxy) is 3. The van der Waals surface area contributed by atoms with E-state index >= 15 is 0 Å². The van der Waals surface area contributed by atoms with Crippen LogP contribution in [0.4, 0.5) is 0 Å². The summed E-state index contributed by atoms with van der Waals surface area (Å²) in [5.41, 5.74) is 3.88. The van der Waals surface area contributed by atoms with Gasteiger partial charge in [-0.05, 0) is 55.2 Å². The van der Waals surface area contributed by atoms with E-state index in [1.807, 2.05) is 38.1 Å². The highest BCUT2D eigenvalue weighted by molar-refractivity contribution is 6.32. The molecule has 0 unspecified atom stereocenters. The summed E-state index contributed by atoms with van der Waals surface area (Å²) in [6.07, 6.45) is 6.47. The van der Waals surface area contributed by atoms with Crippen molar-refractivity contribution in [2.24, 2.45) is 0 Å². The van der Waals surface area contributed by atoms with Gasteiger partial charge in [0.05, 0.1) is 17.8 Å². The number of hydrogen-bond donors (Lipinski definition) is 0. The predicted octanol–water partition coefficient (Wildman–Crippen LogP) is 7.08. The molecule has 3 rings (SSSR count). The molecule has 5 nitrogen and oxygen atoms in total. The van der Waals surface area contributed by atoms with E-state index in [1.165, 1.54) is 11.6 Å². The molecule has 0 bridgehead atoms. The van der Waals surface area contributed by atoms with Crippen molar-refractivity contribution in [1.29, 1.82) is 0 Å². The molecule has 172 valence electrons. The van der Waals surface area contributed by atoms with E-state index in [0.717, 1.165) is 24.0 Å². The summed E-state index contributed by atoms with van der Waals surface area (Å²) in [7, 11) is 0. The van der Waals surface area contributed by atoms with Crippen LogP contribution in [-0.2, 0) is 16.1 Å². The van der Waals surface area contributed by atoms with E-state index in [4.69, 9.17) is 25.8 Å². The minimum absolute atomic E-state index is 0.383. The quantitative estimate of drug-likeness (QED) is 0.182. The summed E-state index contributed by atoms with van der Waals surface area (Å²) < 4.78 is 16.8. The van der Waals surface area contributed by atoms with Gasteiger partial charge in [-0.2, -0.15) is 0 Å². The largest absolute Gasteiger partial charge is 0.487 e. The standard InChI is InChI=1S/C27H28ClNO4/c1-4-5-14-31-27(30)13-10-22-15-20(3)25(16-24(22)28)33-26-12-11-23(17-29-26)32-18-21-8-6-19(2)7-9-21/h6-13,15-17H,4-5,14,18H2,1-3H3. The maximum atomic E-state index is 11.8. The Kier molecular flexibility index (Phi) is 8.90. The van der Waals surface area contributed by atoms with Gasteiger partial charge in [0, 0.05) is 18.2 Å². The molecule has 0 spiro atoms. The third-order valence-corrected chi connectivity index (χ3v) is 5.21. The molecule has 0 fully saturated rings. The van der Waals surface area contributed by atoms with E-state index in [2.05, 4.69) is 24.0 Å². The molecule has 3 aromatic rings. The number of esters is 1. The highest BCUT2D eigenvalue weighted by Gasteiger charge is 2.09. The Balaban J connectivity index is 1.59. The normalized spacial score (nSPS) is 10.9. The Morgan fingerprint density at radius 3 is 2.58 bits per heavy atom. The van der Waals surface area contributed by atoms with Crippen molar-refractivity contribution in [3.63, 3.8) is 0 Å². The number of carbonyl (C=O) groups excluding carboxylic acids is 1. The van der Waals surface area contributed by atoms with Crippen molar-refractivity contribution in [2.45, 2.75) is 40.2 Å². The van der Waals surface area contributed by atoms with Crippen LogP contribution in [0.1, 0.15) is 42.0 Å². The number of pyridine rings is 1. The highest BCUT2D eigenvalue weighted by Crippen LogP contribution is 2.31. The molecule has 6 heteroatoms. The van der Waals surface area contributed by atoms with Gasteiger partial charge in [0.15, 0.2) is 0 Å². The molecule has 0 N–H and O–H groups in total. The summed E-state index contributed by atoms with van der Waals surface area (Å²) in [5.74, 6) is 1.29. The van der Waals surface area contributed by atoms with E-state index < -0.39 is 0 Å². The minimum Gasteiger partial charge on any atom is -0.487 e. The summed E-state index contributed by atoms with van der Waals surface area (Å²) >= 11 is 6.39. The van der Waals surface area contributed by atoms with E-state index in [9.17, 15) is 4.79 Å². The zero-order chi connectivity index (χ0) is 23.6. The minimum atomic E-state index is -0.383. The van der Waals surface area contributed by atoms with Crippen LogP contribution in [0.25, 0.3) is 6.08 Å². The number of aryl methyl sites for hydroxylation is 2. The lowest BCUT2D eigenvalue weighted by Gasteiger charge is -2.11. The van der Waals surface area contributed by atoms with Crippen LogP contribution in [0.5, 0.6) is 17.4 Å². The Hall–Kier alpha value is -3.31. The molecule has 33 heavy (non-hydrogen) atoms. The fourth-order valence-electron chi connectivity index (χ4n) is 2.92. The molecule has 0 aliphatic carbocycles. The lowest BCUT2D eigenvalue weighted by Crippen LogP contribution is -2.01. The predicted molar refractivity (Wildman–Crippen MR) is 131 cm³/mol. The zero-order valence-electron chi connectivity index (χ0n) is 19.1. The lowest BCUT2D eigenvalue weighted by atomic mass is 10.1. The molecule has 0 aliphatic rings. The molecule has 0 saturated carbocycles. The molecule has 0 aliphatic heterocycles. The average molecular weight is 466 g/mol. The van der Waals surface area contributed by atoms with Crippen molar-refractivity contribution in [1.82, 2.24) is 4.98 Å². The number of benzene rings is 2. The second-order valence-electron chi connectivity index (χ2n) is 7.70. The highest BCUT2D eigenvalue weighted by atomic mass is 35.5. The fourth-order valence-corrected chi connectivity index (χ4v) is 3.14. The van der Waals surface area contributed by atoms with Crippen LogP contribution in [0.2, 0.25) is 5.02 Å². The van der Waals surface area contributed by atoms with Gasteiger partial charge in [-0.1, -0.05) is 54.8 Å². The Labute approximate surface area is 200 Å². The summed E-state index contributed by atoms with van der Waals surface area (Å²) in [5, 5.41) is 0.464. The number of carbonyl (C=O) groups is 1. The van der Waals surface area contributed by atoms with Crippen LogP contribution >= 0.6 is 11.6 Å². The first-order valence-electron chi connectivity index (χ1n) is 10.9. The molecule has 0 saturated heterocycles. The van der Waals surface area contributed by atoms with Gasteiger partial charge in [-0.3, -0.25) is 0 Å². The van der Waals surface area contributed by atoms with Crippen molar-refractivity contribution < 1.29 is 19.0 Å². The Morgan fingerprint density at radius 2 is 1.88 bits per heavy atom. The topological polar surface area (TPSA) is 57.7 Å². The lowest BCUT2D eigenvalue weighted by molar-refractivity contribution is -0.137. The first-order chi connectivity index (χ1) is 15.9. The molecule has 1 aromatic heterocycles. The first-order valence-corrected chi connectivity index (χ1v) is 11.3. The maximum Gasteiger partial charge on any atom is 0.330 e. The van der Waals surface area contributed by atoms with Gasteiger partial charge in [0.2, 0.25) is 5.88 Å². The molecular formula is C27H28ClNO4. The van der Waals surface area contributed by atoms with Crippen LogP contribution in [0.3, 0.4) is 0 Å². The van der Waals surface area contributed by atoms with E-state index in [0.29, 0.717) is 41.2 Å². The number of rotatable bonds is 10. The number of aromatic nitrogens is 1. The van der Waals surface area contributed by atoms with Gasteiger partial charge in [0.1, 0.15) is 18.1 Å². The van der Waals surface area contributed by atoms with Gasteiger partial charge >= 0.3 is 5.97 Å². The van der Waals surface area contributed by atoms with Gasteiger partial charge in [0.25, 0.3) is 0 Å². The molecular weight excluding hydrogens is 438 g/mol. The van der Waals surface area contributed by atoms with Gasteiger partial charge in [-0.15, -0.1) is 0 Å². The molecule has 2 aromatic carbocycles. The zero-order valence-corrected chi connectivity index (χ0v) is 19.9. The third-order valence-electron chi connectivity index (χ3n) is 4.89. The summed E-state index contributed by atoms with van der Waals surface area (Å²) in [6.45, 7) is 6.89. The smallest absolute Gasteiger partial charge is 0.330 e. The summed E-state index contributed by atoms with van der Waals surface area (Å²) in [4.78, 5) is 16.1. The van der Waals surface area contributed by atoms with Crippen LogP contribution in [0, 0.1) is 13.8 Å².